The fourth-order valence-corrected chi connectivity index (χ4v) is 2.68. The summed E-state index contributed by atoms with van der Waals surface area (Å²) in [6, 6.07) is 5.37. The van der Waals surface area contributed by atoms with Gasteiger partial charge in [-0.3, -0.25) is 9.59 Å². The van der Waals surface area contributed by atoms with Crippen molar-refractivity contribution in [2.24, 2.45) is 11.7 Å². The van der Waals surface area contributed by atoms with Gasteiger partial charge in [0.2, 0.25) is 11.8 Å². The molecule has 2 rings (SSSR count). The molecule has 19 heavy (non-hydrogen) atoms. The third-order valence-electron chi connectivity index (χ3n) is 3.28. The fraction of sp³-hybridized carbons (Fsp3) is 0.357. The van der Waals surface area contributed by atoms with Crippen molar-refractivity contribution in [3.8, 4) is 0 Å². The van der Waals surface area contributed by atoms with Gasteiger partial charge in [0.25, 0.3) is 0 Å². The van der Waals surface area contributed by atoms with Gasteiger partial charge in [0, 0.05) is 18.4 Å². The number of rotatable bonds is 2. The van der Waals surface area contributed by atoms with Gasteiger partial charge in [-0.15, -0.1) is 0 Å². The van der Waals surface area contributed by atoms with Crippen molar-refractivity contribution in [1.29, 1.82) is 0 Å². The van der Waals surface area contributed by atoms with E-state index in [0.717, 1.165) is 5.56 Å². The topological polar surface area (TPSA) is 63.4 Å². The van der Waals surface area contributed by atoms with Crippen molar-refractivity contribution in [2.45, 2.75) is 26.7 Å². The number of anilines is 1. The minimum atomic E-state index is -0.188. The maximum absolute atomic E-state index is 12.1. The lowest BCUT2D eigenvalue weighted by Gasteiger charge is -2.30. The van der Waals surface area contributed by atoms with Crippen LogP contribution in [-0.2, 0) is 9.59 Å². The summed E-state index contributed by atoms with van der Waals surface area (Å²) in [5.41, 5.74) is 7.70. The summed E-state index contributed by atoms with van der Waals surface area (Å²) < 4.78 is 0. The maximum Gasteiger partial charge on any atom is 0.234 e. The van der Waals surface area contributed by atoms with E-state index in [9.17, 15) is 9.59 Å². The van der Waals surface area contributed by atoms with E-state index >= 15 is 0 Å². The zero-order chi connectivity index (χ0) is 14.2. The van der Waals surface area contributed by atoms with Crippen LogP contribution in [0, 0.1) is 12.8 Å². The third kappa shape index (κ3) is 2.51. The first kappa shape index (κ1) is 13.7. The van der Waals surface area contributed by atoms with Crippen molar-refractivity contribution in [3.05, 3.63) is 29.3 Å². The molecule has 1 aromatic carbocycles. The number of hydrogen-bond acceptors (Lipinski definition) is 3. The molecule has 5 heteroatoms. The molecule has 0 saturated carbocycles. The molecule has 0 unspecified atom stereocenters. The van der Waals surface area contributed by atoms with Crippen molar-refractivity contribution >= 4 is 34.7 Å². The number of carbonyl (C=O) groups excluding carboxylic acids is 2. The number of piperidine rings is 1. The van der Waals surface area contributed by atoms with E-state index in [1.54, 1.807) is 12.1 Å². The molecule has 1 saturated heterocycles. The summed E-state index contributed by atoms with van der Waals surface area (Å²) in [6.45, 7) is 3.76. The molecule has 1 aromatic rings. The monoisotopic (exact) mass is 276 g/mol. The molecule has 1 heterocycles. The Hall–Kier alpha value is -1.75. The van der Waals surface area contributed by atoms with Crippen molar-refractivity contribution in [1.82, 2.24) is 0 Å². The highest BCUT2D eigenvalue weighted by molar-refractivity contribution is 7.80. The number of carbonyl (C=O) groups is 2. The largest absolute Gasteiger partial charge is 0.389 e. The molecule has 0 aromatic heterocycles. The Labute approximate surface area is 117 Å². The Morgan fingerprint density at radius 1 is 1.32 bits per heavy atom. The minimum Gasteiger partial charge on any atom is -0.389 e. The van der Waals surface area contributed by atoms with E-state index < -0.39 is 0 Å². The Bertz CT molecular complexity index is 551. The Morgan fingerprint density at radius 2 is 1.89 bits per heavy atom. The Kier molecular flexibility index (Phi) is 3.66. The molecule has 0 atom stereocenters. The second-order valence-electron chi connectivity index (χ2n) is 4.97. The second kappa shape index (κ2) is 5.09. The SMILES string of the molecule is Cc1cccc(N2C(=O)CC(C)CC2=O)c1C(N)=S. The van der Waals surface area contributed by atoms with Gasteiger partial charge in [-0.2, -0.15) is 0 Å². The number of aryl methyl sites for hydroxylation is 1. The highest BCUT2D eigenvalue weighted by atomic mass is 32.1. The average molecular weight is 276 g/mol. The van der Waals surface area contributed by atoms with Crippen LogP contribution in [0.25, 0.3) is 0 Å². The molecule has 4 nitrogen and oxygen atoms in total. The van der Waals surface area contributed by atoms with Gasteiger partial charge in [0.1, 0.15) is 4.99 Å². The normalized spacial score (nSPS) is 16.8. The van der Waals surface area contributed by atoms with Gasteiger partial charge in [-0.1, -0.05) is 31.3 Å². The van der Waals surface area contributed by atoms with Crippen LogP contribution in [0.1, 0.15) is 30.9 Å². The first-order valence-electron chi connectivity index (χ1n) is 6.17. The summed E-state index contributed by atoms with van der Waals surface area (Å²) in [7, 11) is 0. The van der Waals surface area contributed by atoms with Gasteiger partial charge in [0.15, 0.2) is 0 Å². The number of hydrogen-bond donors (Lipinski definition) is 1. The Balaban J connectivity index is 2.53. The van der Waals surface area contributed by atoms with Crippen LogP contribution in [0.15, 0.2) is 18.2 Å². The van der Waals surface area contributed by atoms with Crippen LogP contribution in [0.2, 0.25) is 0 Å². The van der Waals surface area contributed by atoms with Gasteiger partial charge < -0.3 is 5.73 Å². The van der Waals surface area contributed by atoms with E-state index in [0.29, 0.717) is 24.1 Å². The molecule has 0 radical (unpaired) electrons. The first-order chi connectivity index (χ1) is 8.91. The molecule has 0 aliphatic carbocycles. The van der Waals surface area contributed by atoms with E-state index in [1.807, 2.05) is 19.9 Å². The summed E-state index contributed by atoms with van der Waals surface area (Å²) in [5.74, 6) is -0.284. The standard InChI is InChI=1S/C14H16N2O2S/c1-8-6-11(17)16(12(18)7-8)10-5-3-4-9(2)13(10)14(15)19/h3-5,8H,6-7H2,1-2H3,(H2,15,19). The quantitative estimate of drug-likeness (QED) is 0.662. The highest BCUT2D eigenvalue weighted by Crippen LogP contribution is 2.29. The molecule has 1 fully saturated rings. The van der Waals surface area contributed by atoms with Crippen LogP contribution in [0.5, 0.6) is 0 Å². The summed E-state index contributed by atoms with van der Waals surface area (Å²) in [5, 5.41) is 0. The van der Waals surface area contributed by atoms with E-state index in [4.69, 9.17) is 18.0 Å². The lowest BCUT2D eigenvalue weighted by molar-refractivity contribution is -0.130. The van der Waals surface area contributed by atoms with Crippen molar-refractivity contribution < 1.29 is 9.59 Å². The predicted octanol–water partition coefficient (Wildman–Crippen LogP) is 1.92. The molecular weight excluding hydrogens is 260 g/mol. The van der Waals surface area contributed by atoms with Crippen molar-refractivity contribution in [3.63, 3.8) is 0 Å². The van der Waals surface area contributed by atoms with E-state index in [1.165, 1.54) is 4.90 Å². The number of thiocarbonyl (C=S) groups is 1. The van der Waals surface area contributed by atoms with Crippen LogP contribution in [0.3, 0.4) is 0 Å². The molecule has 2 amide bonds. The van der Waals surface area contributed by atoms with Gasteiger partial charge in [-0.05, 0) is 24.5 Å². The number of amides is 2. The lowest BCUT2D eigenvalue weighted by Crippen LogP contribution is -2.43. The number of nitrogens with two attached hydrogens (primary N) is 1. The van der Waals surface area contributed by atoms with Crippen molar-refractivity contribution in [2.75, 3.05) is 4.90 Å². The predicted molar refractivity (Wildman–Crippen MR) is 78.0 cm³/mol. The van der Waals surface area contributed by atoms with Crippen LogP contribution < -0.4 is 10.6 Å². The van der Waals surface area contributed by atoms with Crippen LogP contribution in [0.4, 0.5) is 5.69 Å². The minimum absolute atomic E-state index is 0.0920. The van der Waals surface area contributed by atoms with Crippen LogP contribution >= 0.6 is 12.2 Å². The zero-order valence-corrected chi connectivity index (χ0v) is 11.8. The molecule has 1 aliphatic rings. The first-order valence-corrected chi connectivity index (χ1v) is 6.58. The van der Waals surface area contributed by atoms with E-state index in [2.05, 4.69) is 0 Å². The molecule has 1 aliphatic heterocycles. The van der Waals surface area contributed by atoms with Gasteiger partial charge in [0.05, 0.1) is 5.69 Å². The molecule has 2 N–H and O–H groups in total. The molecular formula is C14H16N2O2S. The molecule has 0 spiro atoms. The van der Waals surface area contributed by atoms with Gasteiger partial charge >= 0.3 is 0 Å². The van der Waals surface area contributed by atoms with E-state index in [-0.39, 0.29) is 22.7 Å². The molecule has 0 bridgehead atoms. The second-order valence-corrected chi connectivity index (χ2v) is 5.41. The van der Waals surface area contributed by atoms with Gasteiger partial charge in [-0.25, -0.2) is 4.90 Å². The number of nitrogens with zero attached hydrogens (tertiary/aromatic N) is 1. The summed E-state index contributed by atoms with van der Waals surface area (Å²) in [6.07, 6.45) is 0.743. The summed E-state index contributed by atoms with van der Waals surface area (Å²) in [4.78, 5) is 25.7. The fourth-order valence-electron chi connectivity index (χ4n) is 2.42. The molecule has 100 valence electrons. The third-order valence-corrected chi connectivity index (χ3v) is 3.49. The smallest absolute Gasteiger partial charge is 0.234 e. The number of benzene rings is 1. The lowest BCUT2D eigenvalue weighted by atomic mass is 9.96. The number of imide groups is 1. The highest BCUT2D eigenvalue weighted by Gasteiger charge is 2.33. The zero-order valence-electron chi connectivity index (χ0n) is 11.0. The summed E-state index contributed by atoms with van der Waals surface area (Å²) >= 11 is 5.04. The van der Waals surface area contributed by atoms with Crippen LogP contribution in [-0.4, -0.2) is 16.8 Å². The average Bonchev–Trinajstić information content (AvgIpc) is 2.26. The maximum atomic E-state index is 12.1. The Morgan fingerprint density at radius 3 is 2.42 bits per heavy atom.